The van der Waals surface area contributed by atoms with Gasteiger partial charge in [0, 0.05) is 30.9 Å². The molecule has 1 heterocycles. The molecule has 1 aliphatic heterocycles. The van der Waals surface area contributed by atoms with Crippen LogP contribution in [0.2, 0.25) is 0 Å². The van der Waals surface area contributed by atoms with Gasteiger partial charge in [-0.2, -0.15) is 0 Å². The van der Waals surface area contributed by atoms with Crippen molar-refractivity contribution in [1.29, 1.82) is 0 Å². The summed E-state index contributed by atoms with van der Waals surface area (Å²) in [6, 6.07) is 15.6. The predicted octanol–water partition coefficient (Wildman–Crippen LogP) is 2.48. The van der Waals surface area contributed by atoms with Crippen LogP contribution in [0.4, 0.5) is 10.5 Å². The van der Waals surface area contributed by atoms with Crippen LogP contribution in [-0.2, 0) is 0 Å². The number of carbonyl (C=O) groups excluding carboxylic acids is 2. The molecule has 1 aliphatic rings. The first-order valence-corrected chi connectivity index (χ1v) is 9.42. The van der Waals surface area contributed by atoms with E-state index < -0.39 is 12.1 Å². The molecule has 1 unspecified atom stereocenters. The molecule has 3 N–H and O–H groups in total. The third-order valence-corrected chi connectivity index (χ3v) is 4.44. The summed E-state index contributed by atoms with van der Waals surface area (Å²) >= 11 is 0. The van der Waals surface area contributed by atoms with Gasteiger partial charge < -0.3 is 25.4 Å². The van der Waals surface area contributed by atoms with Crippen LogP contribution in [0.1, 0.15) is 23.2 Å². The highest BCUT2D eigenvalue weighted by molar-refractivity contribution is 5.97. The number of benzene rings is 2. The van der Waals surface area contributed by atoms with E-state index in [2.05, 4.69) is 10.6 Å². The Bertz CT molecular complexity index is 791. The van der Waals surface area contributed by atoms with E-state index in [1.807, 2.05) is 23.1 Å². The van der Waals surface area contributed by atoms with Crippen LogP contribution < -0.4 is 15.4 Å². The molecule has 0 bridgehead atoms. The van der Waals surface area contributed by atoms with Gasteiger partial charge in [-0.25, -0.2) is 4.79 Å². The van der Waals surface area contributed by atoms with Crippen LogP contribution in [0.3, 0.4) is 0 Å². The molecule has 2 aromatic carbocycles. The van der Waals surface area contributed by atoms with Gasteiger partial charge in [0.15, 0.2) is 0 Å². The quantitative estimate of drug-likeness (QED) is 0.685. The number of hydrogen-bond donors (Lipinski definition) is 3. The number of aliphatic hydroxyl groups excluding tert-OH is 1. The Kier molecular flexibility index (Phi) is 6.86. The van der Waals surface area contributed by atoms with Crippen molar-refractivity contribution >= 4 is 17.6 Å². The molecule has 28 heavy (non-hydrogen) atoms. The van der Waals surface area contributed by atoms with Crippen molar-refractivity contribution in [3.8, 4) is 5.75 Å². The van der Waals surface area contributed by atoms with Gasteiger partial charge in [0.2, 0.25) is 0 Å². The van der Waals surface area contributed by atoms with Crippen molar-refractivity contribution in [3.05, 3.63) is 60.2 Å². The molecule has 0 radical (unpaired) electrons. The average Bonchev–Trinajstić information content (AvgIpc) is 3.26. The van der Waals surface area contributed by atoms with Gasteiger partial charge in [0.05, 0.1) is 0 Å². The Balaban J connectivity index is 1.44. The molecule has 7 heteroatoms. The average molecular weight is 383 g/mol. The van der Waals surface area contributed by atoms with Crippen molar-refractivity contribution < 1.29 is 19.4 Å². The highest BCUT2D eigenvalue weighted by Gasteiger charge is 2.19. The molecule has 1 saturated heterocycles. The van der Waals surface area contributed by atoms with Crippen LogP contribution >= 0.6 is 0 Å². The summed E-state index contributed by atoms with van der Waals surface area (Å²) in [6.07, 6.45) is 1.22. The second-order valence-corrected chi connectivity index (χ2v) is 6.69. The van der Waals surface area contributed by atoms with Crippen molar-refractivity contribution in [2.45, 2.75) is 18.9 Å². The van der Waals surface area contributed by atoms with E-state index in [0.717, 1.165) is 25.9 Å². The second-order valence-electron chi connectivity index (χ2n) is 6.69. The van der Waals surface area contributed by atoms with E-state index in [0.29, 0.717) is 17.0 Å². The maximum atomic E-state index is 12.4. The number of aliphatic hydroxyl groups is 1. The topological polar surface area (TPSA) is 90.9 Å². The summed E-state index contributed by atoms with van der Waals surface area (Å²) in [5, 5.41) is 15.2. The predicted molar refractivity (Wildman–Crippen MR) is 107 cm³/mol. The molecule has 1 atom stereocenters. The molecular weight excluding hydrogens is 358 g/mol. The molecule has 148 valence electrons. The lowest BCUT2D eigenvalue weighted by atomic mass is 10.2. The Morgan fingerprint density at radius 2 is 1.82 bits per heavy atom. The third-order valence-electron chi connectivity index (χ3n) is 4.44. The SMILES string of the molecule is O=C(NCC(O)COc1ccccc1)Nc1cccc(C(=O)N2CCCC2)c1. The summed E-state index contributed by atoms with van der Waals surface area (Å²) in [5.41, 5.74) is 1.08. The fourth-order valence-electron chi connectivity index (χ4n) is 2.99. The highest BCUT2D eigenvalue weighted by atomic mass is 16.5. The summed E-state index contributed by atoms with van der Waals surface area (Å²) in [6.45, 7) is 1.68. The van der Waals surface area contributed by atoms with Crippen LogP contribution in [-0.4, -0.2) is 54.3 Å². The fraction of sp³-hybridized carbons (Fsp3) is 0.333. The van der Waals surface area contributed by atoms with E-state index in [4.69, 9.17) is 4.74 Å². The maximum Gasteiger partial charge on any atom is 0.319 e. The Morgan fingerprint density at radius 3 is 2.57 bits per heavy atom. The van der Waals surface area contributed by atoms with Gasteiger partial charge in [0.1, 0.15) is 18.5 Å². The highest BCUT2D eigenvalue weighted by Crippen LogP contribution is 2.16. The molecule has 0 aromatic heterocycles. The largest absolute Gasteiger partial charge is 0.491 e. The summed E-state index contributed by atoms with van der Waals surface area (Å²) in [4.78, 5) is 26.3. The van der Waals surface area contributed by atoms with Gasteiger partial charge in [-0.05, 0) is 43.2 Å². The monoisotopic (exact) mass is 383 g/mol. The second kappa shape index (κ2) is 9.75. The first-order valence-electron chi connectivity index (χ1n) is 9.42. The molecule has 7 nitrogen and oxygen atoms in total. The minimum atomic E-state index is -0.839. The van der Waals surface area contributed by atoms with E-state index in [1.54, 1.807) is 36.4 Å². The van der Waals surface area contributed by atoms with Gasteiger partial charge in [-0.15, -0.1) is 0 Å². The Labute approximate surface area is 164 Å². The van der Waals surface area contributed by atoms with Crippen LogP contribution in [0.15, 0.2) is 54.6 Å². The zero-order valence-corrected chi connectivity index (χ0v) is 15.6. The molecule has 0 saturated carbocycles. The number of rotatable bonds is 7. The number of amides is 3. The van der Waals surface area contributed by atoms with Gasteiger partial charge in [0.25, 0.3) is 5.91 Å². The molecule has 1 fully saturated rings. The van der Waals surface area contributed by atoms with Crippen LogP contribution in [0.25, 0.3) is 0 Å². The molecule has 3 amide bonds. The number of urea groups is 1. The van der Waals surface area contributed by atoms with Crippen molar-refractivity contribution in [1.82, 2.24) is 10.2 Å². The lowest BCUT2D eigenvalue weighted by Gasteiger charge is -2.16. The van der Waals surface area contributed by atoms with Crippen molar-refractivity contribution in [3.63, 3.8) is 0 Å². The number of nitrogens with zero attached hydrogens (tertiary/aromatic N) is 1. The summed E-state index contributed by atoms with van der Waals surface area (Å²) in [7, 11) is 0. The number of hydrogen-bond acceptors (Lipinski definition) is 4. The van der Waals surface area contributed by atoms with Gasteiger partial charge >= 0.3 is 6.03 Å². The third kappa shape index (κ3) is 5.72. The zero-order chi connectivity index (χ0) is 19.8. The molecule has 3 rings (SSSR count). The number of nitrogens with one attached hydrogen (secondary N) is 2. The summed E-state index contributed by atoms with van der Waals surface area (Å²) < 4.78 is 5.45. The number of anilines is 1. The Hall–Kier alpha value is -3.06. The minimum absolute atomic E-state index is 0.0185. The van der Waals surface area contributed by atoms with Gasteiger partial charge in [-0.3, -0.25) is 4.79 Å². The number of likely N-dealkylation sites (tertiary alicyclic amines) is 1. The zero-order valence-electron chi connectivity index (χ0n) is 15.6. The molecule has 0 spiro atoms. The molecule has 2 aromatic rings. The number of ether oxygens (including phenoxy) is 1. The minimum Gasteiger partial charge on any atom is -0.491 e. The first kappa shape index (κ1) is 19.7. The lowest BCUT2D eigenvalue weighted by molar-refractivity contribution is 0.0793. The first-order chi connectivity index (χ1) is 13.6. The number of para-hydroxylation sites is 1. The molecule has 0 aliphatic carbocycles. The van der Waals surface area contributed by atoms with E-state index >= 15 is 0 Å². The van der Waals surface area contributed by atoms with Crippen molar-refractivity contribution in [2.75, 3.05) is 31.6 Å². The van der Waals surface area contributed by atoms with E-state index in [-0.39, 0.29) is 19.1 Å². The summed E-state index contributed by atoms with van der Waals surface area (Å²) in [5.74, 6) is 0.639. The van der Waals surface area contributed by atoms with Crippen LogP contribution in [0, 0.1) is 0 Å². The van der Waals surface area contributed by atoms with Crippen LogP contribution in [0.5, 0.6) is 5.75 Å². The molecular formula is C21H25N3O4. The standard InChI is InChI=1S/C21H25N3O4/c25-18(15-28-19-9-2-1-3-10-19)14-22-21(27)23-17-8-6-7-16(13-17)20(26)24-11-4-5-12-24/h1-3,6-10,13,18,25H,4-5,11-12,14-15H2,(H2,22,23,27). The fourth-order valence-corrected chi connectivity index (χ4v) is 2.99. The normalized spacial score (nSPS) is 14.4. The van der Waals surface area contributed by atoms with Crippen molar-refractivity contribution in [2.24, 2.45) is 0 Å². The Morgan fingerprint density at radius 1 is 1.07 bits per heavy atom. The lowest BCUT2D eigenvalue weighted by Crippen LogP contribution is -2.37. The van der Waals surface area contributed by atoms with Gasteiger partial charge in [-0.1, -0.05) is 24.3 Å². The smallest absolute Gasteiger partial charge is 0.319 e. The maximum absolute atomic E-state index is 12.4. The van der Waals surface area contributed by atoms with E-state index in [9.17, 15) is 14.7 Å². The van der Waals surface area contributed by atoms with E-state index in [1.165, 1.54) is 0 Å². The number of carbonyl (C=O) groups is 2.